The second-order valence-electron chi connectivity index (χ2n) is 7.27. The molecule has 2 aliphatic heterocycles. The summed E-state index contributed by atoms with van der Waals surface area (Å²) in [7, 11) is 1.60. The second-order valence-corrected chi connectivity index (χ2v) is 7.27. The van der Waals surface area contributed by atoms with Gasteiger partial charge in [0.2, 0.25) is 0 Å². The van der Waals surface area contributed by atoms with Gasteiger partial charge in [-0.1, -0.05) is 12.1 Å². The quantitative estimate of drug-likeness (QED) is 0.903. The largest absolute Gasteiger partial charge is 0.497 e. The minimum Gasteiger partial charge on any atom is -0.497 e. The van der Waals surface area contributed by atoms with Crippen molar-refractivity contribution in [2.24, 2.45) is 0 Å². The van der Waals surface area contributed by atoms with Gasteiger partial charge in [-0.15, -0.1) is 0 Å². The van der Waals surface area contributed by atoms with E-state index in [-0.39, 0.29) is 11.7 Å². The molecule has 1 saturated heterocycles. The normalized spacial score (nSPS) is 22.5. The van der Waals surface area contributed by atoms with Gasteiger partial charge in [-0.25, -0.2) is 4.39 Å². The van der Waals surface area contributed by atoms with Crippen LogP contribution in [-0.2, 0) is 6.54 Å². The minimum absolute atomic E-state index is 0.125. The van der Waals surface area contributed by atoms with Crippen LogP contribution in [0.2, 0.25) is 0 Å². The van der Waals surface area contributed by atoms with Crippen LogP contribution in [0.4, 0.5) is 4.39 Å². The van der Waals surface area contributed by atoms with Crippen molar-refractivity contribution in [2.75, 3.05) is 26.7 Å². The van der Waals surface area contributed by atoms with Crippen molar-refractivity contribution in [3.8, 4) is 11.5 Å². The van der Waals surface area contributed by atoms with E-state index in [1.807, 2.05) is 12.1 Å². The zero-order valence-electron chi connectivity index (χ0n) is 15.3. The topological polar surface area (TPSA) is 50.8 Å². The number of benzene rings is 2. The summed E-state index contributed by atoms with van der Waals surface area (Å²) >= 11 is 0. The second kappa shape index (κ2) is 7.19. The van der Waals surface area contributed by atoms with Crippen LogP contribution in [0.15, 0.2) is 42.5 Å². The van der Waals surface area contributed by atoms with Crippen molar-refractivity contribution in [3.05, 3.63) is 59.4 Å². The highest BCUT2D eigenvalue weighted by Crippen LogP contribution is 2.34. The Labute approximate surface area is 158 Å². The van der Waals surface area contributed by atoms with Crippen molar-refractivity contribution < 1.29 is 18.7 Å². The third kappa shape index (κ3) is 3.76. The summed E-state index contributed by atoms with van der Waals surface area (Å²) < 4.78 is 24.9. The van der Waals surface area contributed by atoms with Gasteiger partial charge in [-0.05, 0) is 49.2 Å². The van der Waals surface area contributed by atoms with E-state index >= 15 is 0 Å². The van der Waals surface area contributed by atoms with Crippen LogP contribution >= 0.6 is 0 Å². The van der Waals surface area contributed by atoms with E-state index in [1.165, 1.54) is 12.1 Å². The first-order chi connectivity index (χ1) is 13.1. The maximum atomic E-state index is 13.2. The van der Waals surface area contributed by atoms with E-state index < -0.39 is 5.60 Å². The molecule has 2 aromatic carbocycles. The number of fused-ring (bicyclic) bond motifs is 1. The van der Waals surface area contributed by atoms with Crippen molar-refractivity contribution >= 4 is 5.91 Å². The number of rotatable bonds is 3. The number of nitrogens with zero attached hydrogens (tertiary/aromatic N) is 1. The third-order valence-corrected chi connectivity index (χ3v) is 5.27. The number of methoxy groups -OCH3 is 1. The molecule has 0 bridgehead atoms. The molecule has 2 aromatic rings. The van der Waals surface area contributed by atoms with E-state index in [0.29, 0.717) is 30.2 Å². The molecule has 1 atom stereocenters. The lowest BCUT2D eigenvalue weighted by molar-refractivity contribution is -0.00715. The smallest absolute Gasteiger partial charge is 0.255 e. The van der Waals surface area contributed by atoms with E-state index in [0.717, 1.165) is 31.5 Å². The summed E-state index contributed by atoms with van der Waals surface area (Å²) in [6.07, 6.45) is 1.83. The number of amides is 1. The van der Waals surface area contributed by atoms with Crippen LogP contribution < -0.4 is 14.8 Å². The van der Waals surface area contributed by atoms with Crippen LogP contribution in [0, 0.1) is 5.82 Å². The SMILES string of the molecule is COc1ccc2c(c1)O[C@@]1(CCCN(Cc3ccc(F)cc3)C1)CNC2=O. The number of hydrogen-bond acceptors (Lipinski definition) is 4. The molecule has 6 heteroatoms. The molecule has 0 aliphatic carbocycles. The summed E-state index contributed by atoms with van der Waals surface area (Å²) in [5, 5.41) is 3.01. The van der Waals surface area contributed by atoms with Crippen molar-refractivity contribution in [3.63, 3.8) is 0 Å². The van der Waals surface area contributed by atoms with Crippen LogP contribution in [0.1, 0.15) is 28.8 Å². The predicted molar refractivity (Wildman–Crippen MR) is 99.6 cm³/mol. The number of ether oxygens (including phenoxy) is 2. The lowest BCUT2D eigenvalue weighted by Gasteiger charge is -2.42. The zero-order chi connectivity index (χ0) is 18.9. The number of carbonyl (C=O) groups is 1. The van der Waals surface area contributed by atoms with Crippen molar-refractivity contribution in [1.29, 1.82) is 0 Å². The predicted octanol–water partition coefficient (Wildman–Crippen LogP) is 2.99. The molecule has 1 N–H and O–H groups in total. The molecule has 2 aliphatic rings. The van der Waals surface area contributed by atoms with Gasteiger partial charge >= 0.3 is 0 Å². The molecule has 0 aromatic heterocycles. The molecule has 0 radical (unpaired) electrons. The van der Waals surface area contributed by atoms with Gasteiger partial charge < -0.3 is 14.8 Å². The van der Waals surface area contributed by atoms with Gasteiger partial charge in [-0.3, -0.25) is 9.69 Å². The van der Waals surface area contributed by atoms with E-state index in [9.17, 15) is 9.18 Å². The Bertz CT molecular complexity index is 840. The lowest BCUT2D eigenvalue weighted by Crippen LogP contribution is -2.56. The third-order valence-electron chi connectivity index (χ3n) is 5.27. The fourth-order valence-electron chi connectivity index (χ4n) is 3.91. The minimum atomic E-state index is -0.481. The first kappa shape index (κ1) is 17.8. The number of hydrogen-bond donors (Lipinski definition) is 1. The number of carbonyl (C=O) groups excluding carboxylic acids is 1. The Balaban J connectivity index is 1.56. The summed E-state index contributed by atoms with van der Waals surface area (Å²) in [5.74, 6) is 0.875. The average molecular weight is 370 g/mol. The van der Waals surface area contributed by atoms with Gasteiger partial charge in [0.05, 0.1) is 19.2 Å². The first-order valence-corrected chi connectivity index (χ1v) is 9.19. The molecule has 27 heavy (non-hydrogen) atoms. The van der Waals surface area contributed by atoms with E-state index in [2.05, 4.69) is 10.2 Å². The standard InChI is InChI=1S/C21H23FN2O3/c1-26-17-7-8-18-19(11-17)27-21(13-23-20(18)25)9-2-10-24(14-21)12-15-3-5-16(22)6-4-15/h3-8,11H,2,9-10,12-14H2,1H3,(H,23,25)/t21-/m0/s1. The number of likely N-dealkylation sites (tertiary alicyclic amines) is 1. The summed E-state index contributed by atoms with van der Waals surface area (Å²) in [5.41, 5.74) is 1.11. The molecule has 4 rings (SSSR count). The Morgan fingerprint density at radius 1 is 1.26 bits per heavy atom. The van der Waals surface area contributed by atoms with Gasteiger partial charge in [0.25, 0.3) is 5.91 Å². The summed E-state index contributed by atoms with van der Waals surface area (Å²) in [6.45, 7) is 2.83. The maximum Gasteiger partial charge on any atom is 0.255 e. The molecular formula is C21H23FN2O3. The Hall–Kier alpha value is -2.60. The molecule has 1 fully saturated rings. The van der Waals surface area contributed by atoms with Gasteiger partial charge in [-0.2, -0.15) is 0 Å². The van der Waals surface area contributed by atoms with Crippen LogP contribution in [0.5, 0.6) is 11.5 Å². The monoisotopic (exact) mass is 370 g/mol. The Morgan fingerprint density at radius 2 is 2.07 bits per heavy atom. The zero-order valence-corrected chi connectivity index (χ0v) is 15.3. The van der Waals surface area contributed by atoms with E-state index in [4.69, 9.17) is 9.47 Å². The molecule has 2 heterocycles. The molecule has 1 spiro atoms. The fraction of sp³-hybridized carbons (Fsp3) is 0.381. The Morgan fingerprint density at radius 3 is 2.85 bits per heavy atom. The van der Waals surface area contributed by atoms with Gasteiger partial charge in [0.1, 0.15) is 22.9 Å². The molecule has 1 amide bonds. The lowest BCUT2D eigenvalue weighted by atomic mass is 9.92. The number of nitrogens with one attached hydrogen (secondary N) is 1. The average Bonchev–Trinajstić information content (AvgIpc) is 2.80. The highest BCUT2D eigenvalue weighted by molar-refractivity contribution is 5.97. The molecule has 5 nitrogen and oxygen atoms in total. The van der Waals surface area contributed by atoms with E-state index in [1.54, 1.807) is 25.3 Å². The summed E-state index contributed by atoms with van der Waals surface area (Å²) in [6, 6.07) is 11.9. The molecule has 0 unspecified atom stereocenters. The number of piperidine rings is 1. The highest BCUT2D eigenvalue weighted by Gasteiger charge is 2.40. The highest BCUT2D eigenvalue weighted by atomic mass is 19.1. The fourth-order valence-corrected chi connectivity index (χ4v) is 3.91. The van der Waals surface area contributed by atoms with Crippen molar-refractivity contribution in [2.45, 2.75) is 25.0 Å². The molecule has 142 valence electrons. The van der Waals surface area contributed by atoms with Crippen LogP contribution in [0.3, 0.4) is 0 Å². The van der Waals surface area contributed by atoms with Gasteiger partial charge in [0, 0.05) is 19.2 Å². The van der Waals surface area contributed by atoms with Crippen LogP contribution in [0.25, 0.3) is 0 Å². The van der Waals surface area contributed by atoms with Crippen LogP contribution in [-0.4, -0.2) is 43.2 Å². The summed E-state index contributed by atoms with van der Waals surface area (Å²) in [4.78, 5) is 14.8. The maximum absolute atomic E-state index is 13.2. The van der Waals surface area contributed by atoms with Gasteiger partial charge in [0.15, 0.2) is 0 Å². The Kier molecular flexibility index (Phi) is 4.74. The van der Waals surface area contributed by atoms with Crippen molar-refractivity contribution in [1.82, 2.24) is 10.2 Å². The number of halogens is 1. The molecule has 0 saturated carbocycles. The first-order valence-electron chi connectivity index (χ1n) is 9.19. The molecular weight excluding hydrogens is 347 g/mol.